The van der Waals surface area contributed by atoms with Crippen LogP contribution in [0.1, 0.15) is 45.1 Å². The molecule has 17 nitrogen and oxygen atoms in total. The number of hydrogen-bond acceptors (Lipinski definition) is 15. The van der Waals surface area contributed by atoms with Gasteiger partial charge in [-0.25, -0.2) is 27.1 Å². The molecule has 0 amide bonds. The minimum absolute atomic E-state index is 0. The van der Waals surface area contributed by atoms with Gasteiger partial charge in [-0.15, -0.1) is 20.5 Å². The van der Waals surface area contributed by atoms with Gasteiger partial charge in [-0.1, -0.05) is 57.0 Å². The Bertz CT molecular complexity index is 2850. The summed E-state index contributed by atoms with van der Waals surface area (Å²) >= 11 is 0. The molecule has 0 saturated carbocycles. The van der Waals surface area contributed by atoms with Crippen molar-refractivity contribution in [1.29, 1.82) is 0 Å². The first-order valence-electron chi connectivity index (χ1n) is 19.3. The molecule has 6 rings (SSSR count). The molecule has 0 atom stereocenters. The summed E-state index contributed by atoms with van der Waals surface area (Å²) in [4.78, 5) is 2.05. The van der Waals surface area contributed by atoms with E-state index in [0.29, 0.717) is 28.0 Å². The summed E-state index contributed by atoms with van der Waals surface area (Å²) < 4.78 is 45.5. The first-order valence-corrected chi connectivity index (χ1v) is 22.4. The summed E-state index contributed by atoms with van der Waals surface area (Å²) in [5.41, 5.74) is 3.10. The summed E-state index contributed by atoms with van der Waals surface area (Å²) in [5, 5.41) is 76.8. The van der Waals surface area contributed by atoms with Gasteiger partial charge in [0.25, 0.3) is 0 Å². The van der Waals surface area contributed by atoms with Gasteiger partial charge in [0, 0.05) is 53.4 Å². The maximum Gasteiger partial charge on any atom is 0.238 e. The van der Waals surface area contributed by atoms with Gasteiger partial charge in [-0.05, 0) is 97.4 Å². The van der Waals surface area contributed by atoms with E-state index in [4.69, 9.17) is 10.3 Å². The van der Waals surface area contributed by atoms with Crippen LogP contribution in [-0.2, 0) is 37.1 Å². The van der Waals surface area contributed by atoms with E-state index in [1.165, 1.54) is 42.5 Å². The molecule has 332 valence electrons. The molecule has 0 unspecified atom stereocenters. The number of unbranched alkanes of at least 4 members (excludes halogenated alkanes) is 2. The molecule has 0 spiro atoms. The Morgan fingerprint density at radius 1 is 0.540 bits per heavy atom. The first-order chi connectivity index (χ1) is 29.5. The van der Waals surface area contributed by atoms with Crippen molar-refractivity contribution in [2.45, 2.75) is 56.2 Å². The topological polar surface area (TPSA) is 279 Å². The van der Waals surface area contributed by atoms with Crippen LogP contribution in [0.25, 0.3) is 10.8 Å². The fraction of sp³-hybridized carbons (Fsp3) is 0.209. The van der Waals surface area contributed by atoms with E-state index in [2.05, 4.69) is 49.4 Å². The van der Waals surface area contributed by atoms with Gasteiger partial charge >= 0.3 is 0 Å². The van der Waals surface area contributed by atoms with E-state index in [0.717, 1.165) is 62.0 Å². The third kappa shape index (κ3) is 13.6. The second-order valence-corrected chi connectivity index (χ2v) is 17.1. The molecule has 6 aromatic rings. The van der Waals surface area contributed by atoms with Crippen molar-refractivity contribution < 1.29 is 54.3 Å². The Morgan fingerprint density at radius 2 is 1.10 bits per heavy atom. The van der Waals surface area contributed by atoms with Crippen LogP contribution >= 0.6 is 0 Å². The summed E-state index contributed by atoms with van der Waals surface area (Å²) in [6, 6.07) is 27.9. The molecular weight excluding hydrogens is 891 g/mol. The Morgan fingerprint density at radius 3 is 1.73 bits per heavy atom. The quantitative estimate of drug-likeness (QED) is 0.0421. The zero-order valence-electron chi connectivity index (χ0n) is 34.5. The van der Waals surface area contributed by atoms with Crippen LogP contribution in [0.2, 0.25) is 0 Å². The van der Waals surface area contributed by atoms with E-state index in [1.54, 1.807) is 43.3 Å². The third-order valence-corrected chi connectivity index (χ3v) is 11.1. The molecule has 0 aliphatic rings. The van der Waals surface area contributed by atoms with Crippen LogP contribution in [0.15, 0.2) is 150 Å². The van der Waals surface area contributed by atoms with E-state index < -0.39 is 20.0 Å². The van der Waals surface area contributed by atoms with Crippen molar-refractivity contribution in [3.63, 3.8) is 0 Å². The number of fused-ring (bicyclic) bond motifs is 1. The fourth-order valence-electron chi connectivity index (χ4n) is 5.85. The van der Waals surface area contributed by atoms with Crippen LogP contribution in [0.5, 0.6) is 23.0 Å². The predicted molar refractivity (Wildman–Crippen MR) is 238 cm³/mol. The Kier molecular flexibility index (Phi) is 17.4. The Hall–Kier alpha value is -6.28. The van der Waals surface area contributed by atoms with Crippen molar-refractivity contribution >= 4 is 70.6 Å². The first kappa shape index (κ1) is 49.4. The summed E-state index contributed by atoms with van der Waals surface area (Å²) in [5.74, 6) is -0.482. The molecule has 0 saturated heterocycles. The second kappa shape index (κ2) is 22.2. The zero-order valence-corrected chi connectivity index (χ0v) is 37.2. The molecule has 0 fully saturated rings. The molecule has 0 bridgehead atoms. The molecule has 20 heteroatoms. The van der Waals surface area contributed by atoms with Crippen molar-refractivity contribution in [3.05, 3.63) is 115 Å². The van der Waals surface area contributed by atoms with Crippen molar-refractivity contribution in [1.82, 2.24) is 0 Å². The average Bonchev–Trinajstić information content (AvgIpc) is 3.23. The van der Waals surface area contributed by atoms with Crippen molar-refractivity contribution in [2.75, 3.05) is 18.0 Å². The SMILES string of the molecule is CCCCN(CCCC)c1ccc(N=Nc2cc(C)c(N=Nc3ccc(S(N)(=O)=O)cc3)cc2O)c(O)c1.NS(=O)(=O)c1ccc(O)c(N=Nc2c(O)ccc3ccccc23)c1.[Fe]. The van der Waals surface area contributed by atoms with Gasteiger partial charge < -0.3 is 25.3 Å². The Labute approximate surface area is 376 Å². The molecule has 6 aromatic carbocycles. The van der Waals surface area contributed by atoms with E-state index in [-0.39, 0.29) is 66.9 Å². The summed E-state index contributed by atoms with van der Waals surface area (Å²) in [6.45, 7) is 7.94. The standard InChI is InChI=1S/C27H34N6O4S.C16H13N3O4S.Fe/c1-4-6-14-33(15-7-5-2)21-10-13-23(26(34)17-21)30-32-25-16-19(3)24(18-27(25)35)31-29-20-8-11-22(12-9-20)38(28,36)37;17-24(22,23)11-6-8-14(20)13(9-11)18-19-16-12-4-2-1-3-10(12)5-7-15(16)21;/h8-13,16-18,34-35H,4-7,14-15H2,1-3H3,(H2,28,36,37);1-9,20-21H,(H2,17,22,23);. The molecule has 8 N–H and O–H groups in total. The molecule has 0 aliphatic heterocycles. The minimum Gasteiger partial charge on any atom is -0.506 e. The van der Waals surface area contributed by atoms with Gasteiger partial charge in [0.1, 0.15) is 45.7 Å². The van der Waals surface area contributed by atoms with Gasteiger partial charge in [0.15, 0.2) is 0 Å². The number of hydrogen-bond donors (Lipinski definition) is 6. The number of benzene rings is 6. The fourth-order valence-corrected chi connectivity index (χ4v) is 6.90. The van der Waals surface area contributed by atoms with Crippen LogP contribution in [0, 0.1) is 6.92 Å². The molecule has 0 aliphatic carbocycles. The maximum absolute atomic E-state index is 11.4. The van der Waals surface area contributed by atoms with Crippen LogP contribution in [-0.4, -0.2) is 50.4 Å². The number of nitrogens with two attached hydrogens (primary N) is 2. The van der Waals surface area contributed by atoms with Crippen LogP contribution < -0.4 is 15.2 Å². The number of azo groups is 3. The number of rotatable bonds is 15. The summed E-state index contributed by atoms with van der Waals surface area (Å²) in [6.07, 6.45) is 4.34. The zero-order chi connectivity index (χ0) is 45.0. The van der Waals surface area contributed by atoms with Gasteiger partial charge in [-0.2, -0.15) is 10.2 Å². The van der Waals surface area contributed by atoms with Crippen LogP contribution in [0.4, 0.5) is 39.8 Å². The Balaban J connectivity index is 0.000000299. The van der Waals surface area contributed by atoms with Gasteiger partial charge in [0.05, 0.1) is 21.2 Å². The van der Waals surface area contributed by atoms with E-state index >= 15 is 0 Å². The van der Waals surface area contributed by atoms with E-state index in [9.17, 15) is 37.3 Å². The van der Waals surface area contributed by atoms with Crippen molar-refractivity contribution in [2.24, 2.45) is 41.0 Å². The largest absolute Gasteiger partial charge is 0.506 e. The number of nitrogens with zero attached hydrogens (tertiary/aromatic N) is 7. The number of primary sulfonamides is 2. The van der Waals surface area contributed by atoms with E-state index in [1.807, 2.05) is 18.2 Å². The third-order valence-electron chi connectivity index (χ3n) is 9.30. The molecule has 0 aromatic heterocycles. The van der Waals surface area contributed by atoms with Gasteiger partial charge in [-0.3, -0.25) is 0 Å². The summed E-state index contributed by atoms with van der Waals surface area (Å²) in [7, 11) is -7.72. The van der Waals surface area contributed by atoms with Crippen LogP contribution in [0.3, 0.4) is 0 Å². The normalized spacial score (nSPS) is 11.8. The minimum atomic E-state index is -3.93. The predicted octanol–water partition coefficient (Wildman–Crippen LogP) is 10.6. The number of aryl methyl sites for hydroxylation is 1. The van der Waals surface area contributed by atoms with Gasteiger partial charge in [0.2, 0.25) is 20.0 Å². The molecule has 63 heavy (non-hydrogen) atoms. The number of phenolic OH excluding ortho intramolecular Hbond substituents is 4. The number of anilines is 1. The number of phenols is 4. The molecular formula is C43H47FeN9O8S2. The number of aromatic hydroxyl groups is 4. The average molecular weight is 938 g/mol. The maximum atomic E-state index is 11.4. The number of sulfonamides is 2. The molecule has 0 heterocycles. The molecule has 0 radical (unpaired) electrons. The van der Waals surface area contributed by atoms with Crippen molar-refractivity contribution in [3.8, 4) is 23.0 Å². The smallest absolute Gasteiger partial charge is 0.238 e. The monoisotopic (exact) mass is 937 g/mol. The second-order valence-electron chi connectivity index (χ2n) is 14.0.